The molecule has 0 fully saturated rings. The first-order valence-corrected chi connectivity index (χ1v) is 15.5. The summed E-state index contributed by atoms with van der Waals surface area (Å²) >= 11 is 4.41. The number of anilines is 1. The molecule has 1 atom stereocenters. The van der Waals surface area contributed by atoms with E-state index < -0.39 is 5.25 Å². The van der Waals surface area contributed by atoms with E-state index in [4.69, 9.17) is 4.98 Å². The van der Waals surface area contributed by atoms with Gasteiger partial charge in [0.05, 0.1) is 10.6 Å². The molecule has 200 valence electrons. The number of benzene rings is 2. The maximum atomic E-state index is 13.9. The molecule has 39 heavy (non-hydrogen) atoms. The number of thioether (sulfide) groups is 1. The Morgan fingerprint density at radius 2 is 1.77 bits per heavy atom. The first-order chi connectivity index (χ1) is 18.7. The van der Waals surface area contributed by atoms with E-state index in [1.807, 2.05) is 72.3 Å². The Morgan fingerprint density at radius 1 is 1.03 bits per heavy atom. The minimum atomic E-state index is -0.448. The minimum Gasteiger partial charge on any atom is -0.325 e. The highest BCUT2D eigenvalue weighted by Gasteiger charge is 2.22. The van der Waals surface area contributed by atoms with Gasteiger partial charge in [-0.05, 0) is 53.5 Å². The molecule has 5 nitrogen and oxygen atoms in total. The molecule has 3 aromatic heterocycles. The predicted molar refractivity (Wildman–Crippen MR) is 166 cm³/mol. The van der Waals surface area contributed by atoms with Crippen molar-refractivity contribution in [2.75, 3.05) is 5.32 Å². The monoisotopic (exact) mass is 573 g/mol. The predicted octanol–water partition coefficient (Wildman–Crippen LogP) is 7.85. The van der Waals surface area contributed by atoms with E-state index in [1.54, 1.807) is 15.9 Å². The lowest BCUT2D eigenvalue weighted by molar-refractivity contribution is -0.115. The van der Waals surface area contributed by atoms with Gasteiger partial charge in [-0.1, -0.05) is 81.1 Å². The van der Waals surface area contributed by atoms with Crippen LogP contribution in [0.1, 0.15) is 38.8 Å². The Hall–Kier alpha value is -3.20. The number of carbonyl (C=O) groups excluding carboxylic acids is 1. The minimum absolute atomic E-state index is 0.0462. The van der Waals surface area contributed by atoms with Crippen molar-refractivity contribution >= 4 is 56.2 Å². The molecule has 0 aliphatic rings. The van der Waals surface area contributed by atoms with Crippen molar-refractivity contribution in [1.29, 1.82) is 0 Å². The highest BCUT2D eigenvalue weighted by molar-refractivity contribution is 8.00. The van der Waals surface area contributed by atoms with Crippen LogP contribution in [0.4, 0.5) is 5.69 Å². The molecule has 2 aromatic carbocycles. The summed E-state index contributed by atoms with van der Waals surface area (Å²) in [7, 11) is 0. The quantitative estimate of drug-likeness (QED) is 0.152. The molecule has 0 unspecified atom stereocenters. The number of carbonyl (C=O) groups is 1. The molecule has 0 bridgehead atoms. The molecule has 0 saturated heterocycles. The van der Waals surface area contributed by atoms with Gasteiger partial charge in [-0.2, -0.15) is 0 Å². The summed E-state index contributed by atoms with van der Waals surface area (Å²) in [6, 6.07) is 22.1. The van der Waals surface area contributed by atoms with Crippen molar-refractivity contribution < 1.29 is 4.79 Å². The fourth-order valence-corrected chi connectivity index (χ4v) is 7.04. The normalized spacial score (nSPS) is 12.5. The van der Waals surface area contributed by atoms with Crippen LogP contribution in [0.2, 0.25) is 0 Å². The van der Waals surface area contributed by atoms with Crippen molar-refractivity contribution in [3.63, 3.8) is 0 Å². The molecule has 0 radical (unpaired) electrons. The van der Waals surface area contributed by atoms with Gasteiger partial charge in [0.15, 0.2) is 5.16 Å². The van der Waals surface area contributed by atoms with Crippen LogP contribution in [0.15, 0.2) is 87.4 Å². The van der Waals surface area contributed by atoms with E-state index in [9.17, 15) is 9.59 Å². The fraction of sp³-hybridized carbons (Fsp3) is 0.258. The summed E-state index contributed by atoms with van der Waals surface area (Å²) < 4.78 is 1.74. The van der Waals surface area contributed by atoms with Gasteiger partial charge >= 0.3 is 0 Å². The number of hydrogen-bond donors (Lipinski definition) is 1. The highest BCUT2D eigenvalue weighted by atomic mass is 32.2. The van der Waals surface area contributed by atoms with Gasteiger partial charge in [-0.15, -0.1) is 22.7 Å². The second-order valence-electron chi connectivity index (χ2n) is 10.5. The first-order valence-electron chi connectivity index (χ1n) is 12.9. The van der Waals surface area contributed by atoms with E-state index in [0.29, 0.717) is 28.3 Å². The van der Waals surface area contributed by atoms with Crippen LogP contribution >= 0.6 is 34.4 Å². The van der Waals surface area contributed by atoms with E-state index in [2.05, 4.69) is 38.2 Å². The van der Waals surface area contributed by atoms with Crippen molar-refractivity contribution in [1.82, 2.24) is 9.55 Å². The van der Waals surface area contributed by atoms with Gasteiger partial charge in [0, 0.05) is 28.1 Å². The van der Waals surface area contributed by atoms with Gasteiger partial charge in [0.1, 0.15) is 4.83 Å². The van der Waals surface area contributed by atoms with Gasteiger partial charge in [-0.3, -0.25) is 14.2 Å². The molecule has 5 aromatic rings. The Morgan fingerprint density at radius 3 is 2.44 bits per heavy atom. The SMILES string of the molecule is C[C@H](Sc1nc2scc(-c3cccs3)c2c(=O)n1CCc1ccccc1)C(=O)Nc1ccc(C(C)(C)C)cc1. The lowest BCUT2D eigenvalue weighted by Crippen LogP contribution is -2.27. The molecule has 0 spiro atoms. The zero-order valence-corrected chi connectivity index (χ0v) is 24.9. The topological polar surface area (TPSA) is 64.0 Å². The van der Waals surface area contributed by atoms with E-state index in [0.717, 1.165) is 21.7 Å². The highest BCUT2D eigenvalue weighted by Crippen LogP contribution is 2.35. The standard InChI is InChI=1S/C31H31N3O2S3/c1-20(27(35)32-23-14-12-22(13-15-23)31(2,3)4)39-30-33-28-26(24(19-38-28)25-11-8-18-37-25)29(36)34(30)17-16-21-9-6-5-7-10-21/h5-15,18-20H,16-17H2,1-4H3,(H,32,35)/t20-/m0/s1. The van der Waals surface area contributed by atoms with Gasteiger partial charge in [0.25, 0.3) is 5.56 Å². The molecule has 8 heteroatoms. The lowest BCUT2D eigenvalue weighted by Gasteiger charge is -2.19. The van der Waals surface area contributed by atoms with Crippen LogP contribution in [0, 0.1) is 0 Å². The van der Waals surface area contributed by atoms with E-state index in [1.165, 1.54) is 28.7 Å². The molecular formula is C31H31N3O2S3. The van der Waals surface area contributed by atoms with Crippen molar-refractivity contribution in [2.24, 2.45) is 0 Å². The Bertz CT molecular complexity index is 1630. The molecule has 1 amide bonds. The molecule has 0 aliphatic heterocycles. The van der Waals surface area contributed by atoms with Crippen LogP contribution < -0.4 is 10.9 Å². The summed E-state index contributed by atoms with van der Waals surface area (Å²) in [6.07, 6.45) is 0.695. The summed E-state index contributed by atoms with van der Waals surface area (Å²) in [6.45, 7) is 8.83. The molecule has 5 rings (SSSR count). The lowest BCUT2D eigenvalue weighted by atomic mass is 9.87. The van der Waals surface area contributed by atoms with Crippen molar-refractivity contribution in [3.05, 3.63) is 99.0 Å². The molecule has 3 heterocycles. The third kappa shape index (κ3) is 6.19. The second kappa shape index (κ2) is 11.5. The molecule has 1 N–H and O–H groups in total. The van der Waals surface area contributed by atoms with Crippen LogP contribution in [0.25, 0.3) is 20.7 Å². The number of nitrogens with zero attached hydrogens (tertiary/aromatic N) is 2. The van der Waals surface area contributed by atoms with Crippen LogP contribution in [-0.2, 0) is 23.2 Å². The maximum Gasteiger partial charge on any atom is 0.263 e. The van der Waals surface area contributed by atoms with Crippen molar-refractivity contribution in [2.45, 2.75) is 56.5 Å². The number of amides is 1. The average molecular weight is 574 g/mol. The summed E-state index contributed by atoms with van der Waals surface area (Å²) in [5.74, 6) is -0.127. The molecular weight excluding hydrogens is 543 g/mol. The second-order valence-corrected chi connectivity index (χ2v) is 13.6. The number of hydrogen-bond acceptors (Lipinski definition) is 6. The summed E-state index contributed by atoms with van der Waals surface area (Å²) in [4.78, 5) is 33.8. The first kappa shape index (κ1) is 27.4. The van der Waals surface area contributed by atoms with E-state index >= 15 is 0 Å². The number of fused-ring (bicyclic) bond motifs is 1. The van der Waals surface area contributed by atoms with Crippen LogP contribution in [0.5, 0.6) is 0 Å². The zero-order chi connectivity index (χ0) is 27.6. The zero-order valence-electron chi connectivity index (χ0n) is 22.4. The maximum absolute atomic E-state index is 13.9. The average Bonchev–Trinajstić information content (AvgIpc) is 3.59. The number of aryl methyl sites for hydroxylation is 1. The van der Waals surface area contributed by atoms with Crippen LogP contribution in [0.3, 0.4) is 0 Å². The summed E-state index contributed by atoms with van der Waals surface area (Å²) in [5, 5.41) is 7.81. The smallest absolute Gasteiger partial charge is 0.263 e. The summed E-state index contributed by atoms with van der Waals surface area (Å²) in [5.41, 5.74) is 4.02. The fourth-order valence-electron chi connectivity index (χ4n) is 4.30. The molecule has 0 aliphatic carbocycles. The van der Waals surface area contributed by atoms with Gasteiger partial charge in [-0.25, -0.2) is 4.98 Å². The Balaban J connectivity index is 1.43. The Kier molecular flexibility index (Phi) is 8.07. The van der Waals surface area contributed by atoms with Gasteiger partial charge < -0.3 is 5.32 Å². The number of nitrogens with one attached hydrogen (secondary N) is 1. The third-order valence-corrected chi connectivity index (χ3v) is 9.45. The van der Waals surface area contributed by atoms with Crippen molar-refractivity contribution in [3.8, 4) is 10.4 Å². The number of aromatic nitrogens is 2. The van der Waals surface area contributed by atoms with Crippen LogP contribution in [-0.4, -0.2) is 20.7 Å². The van der Waals surface area contributed by atoms with E-state index in [-0.39, 0.29) is 16.9 Å². The molecule has 0 saturated carbocycles. The third-order valence-electron chi connectivity index (χ3n) is 6.58. The number of thiophene rings is 2. The Labute approximate surface area is 240 Å². The largest absolute Gasteiger partial charge is 0.325 e. The number of rotatable bonds is 8. The van der Waals surface area contributed by atoms with Gasteiger partial charge in [0.2, 0.25) is 5.91 Å².